The van der Waals surface area contributed by atoms with Crippen LogP contribution < -0.4 is 10.1 Å². The second-order valence-electron chi connectivity index (χ2n) is 3.92. The molecular weight excluding hydrogens is 262 g/mol. The number of anilines is 1. The Morgan fingerprint density at radius 2 is 2.15 bits per heavy atom. The van der Waals surface area contributed by atoms with Gasteiger partial charge in [0.05, 0.1) is 23.7 Å². The first kappa shape index (κ1) is 13.8. The van der Waals surface area contributed by atoms with Crippen molar-refractivity contribution in [2.24, 2.45) is 0 Å². The average molecular weight is 275 g/mol. The monoisotopic (exact) mass is 275 g/mol. The van der Waals surface area contributed by atoms with E-state index in [0.717, 1.165) is 0 Å². The van der Waals surface area contributed by atoms with Gasteiger partial charge in [-0.05, 0) is 6.07 Å². The van der Waals surface area contributed by atoms with Gasteiger partial charge in [-0.25, -0.2) is 0 Å². The van der Waals surface area contributed by atoms with E-state index in [-0.39, 0.29) is 18.2 Å². The van der Waals surface area contributed by atoms with Gasteiger partial charge in [-0.1, -0.05) is 18.2 Å². The molecule has 20 heavy (non-hydrogen) atoms. The Hall–Kier alpha value is -2.67. The van der Waals surface area contributed by atoms with E-state index >= 15 is 0 Å². The third-order valence-corrected chi connectivity index (χ3v) is 2.61. The molecule has 0 bridgehead atoms. The number of nitrogens with one attached hydrogen (secondary N) is 1. The van der Waals surface area contributed by atoms with E-state index in [9.17, 15) is 15.2 Å². The van der Waals surface area contributed by atoms with E-state index in [2.05, 4.69) is 10.3 Å². The largest absolute Gasteiger partial charge is 0.438 e. The first-order valence-electron chi connectivity index (χ1n) is 5.85. The fourth-order valence-electron chi connectivity index (χ4n) is 1.62. The van der Waals surface area contributed by atoms with Crippen molar-refractivity contribution in [2.75, 3.05) is 12.4 Å². The van der Waals surface area contributed by atoms with Gasteiger partial charge in [0.25, 0.3) is 5.69 Å². The highest BCUT2D eigenvalue weighted by Gasteiger charge is 2.13. The van der Waals surface area contributed by atoms with Crippen molar-refractivity contribution in [3.63, 3.8) is 0 Å². The number of nitrogens with zero attached hydrogens (tertiary/aromatic N) is 2. The van der Waals surface area contributed by atoms with Crippen molar-refractivity contribution >= 4 is 11.5 Å². The SMILES string of the molecule is CNc1cc([N+](=O)[O-])cc(Oc2ccccc2CO)n1. The molecule has 0 aliphatic heterocycles. The number of aliphatic hydroxyl groups is 1. The predicted octanol–water partition coefficient (Wildman–Crippen LogP) is 2.32. The molecule has 0 radical (unpaired) electrons. The molecule has 0 spiro atoms. The van der Waals surface area contributed by atoms with Crippen LogP contribution in [0.1, 0.15) is 5.56 Å². The maximum Gasteiger partial charge on any atom is 0.278 e. The zero-order valence-corrected chi connectivity index (χ0v) is 10.7. The number of aliphatic hydroxyl groups excluding tert-OH is 1. The quantitative estimate of drug-likeness (QED) is 0.642. The maximum absolute atomic E-state index is 10.9. The van der Waals surface area contributed by atoms with Crippen molar-refractivity contribution in [3.8, 4) is 11.6 Å². The molecule has 2 aromatic rings. The average Bonchev–Trinajstić information content (AvgIpc) is 2.47. The van der Waals surface area contributed by atoms with Gasteiger partial charge in [0.1, 0.15) is 11.6 Å². The minimum Gasteiger partial charge on any atom is -0.438 e. The third kappa shape index (κ3) is 3.01. The Morgan fingerprint density at radius 3 is 2.80 bits per heavy atom. The summed E-state index contributed by atoms with van der Waals surface area (Å²) in [7, 11) is 1.61. The van der Waals surface area contributed by atoms with E-state index < -0.39 is 4.92 Å². The molecule has 0 atom stereocenters. The molecule has 0 unspecified atom stereocenters. The topological polar surface area (TPSA) is 97.5 Å². The predicted molar refractivity (Wildman–Crippen MR) is 72.9 cm³/mol. The molecule has 0 amide bonds. The van der Waals surface area contributed by atoms with Crippen LogP contribution in [0.25, 0.3) is 0 Å². The van der Waals surface area contributed by atoms with Crippen LogP contribution in [0.2, 0.25) is 0 Å². The number of hydrogen-bond acceptors (Lipinski definition) is 6. The fourth-order valence-corrected chi connectivity index (χ4v) is 1.62. The molecule has 0 saturated carbocycles. The van der Waals surface area contributed by atoms with Crippen LogP contribution in [0.5, 0.6) is 11.6 Å². The van der Waals surface area contributed by atoms with Crippen LogP contribution in [0, 0.1) is 10.1 Å². The van der Waals surface area contributed by atoms with Gasteiger partial charge in [0.15, 0.2) is 0 Å². The maximum atomic E-state index is 10.9. The highest BCUT2D eigenvalue weighted by atomic mass is 16.6. The zero-order valence-electron chi connectivity index (χ0n) is 10.7. The summed E-state index contributed by atoms with van der Waals surface area (Å²) in [6.45, 7) is -0.190. The van der Waals surface area contributed by atoms with Crippen LogP contribution in [0.4, 0.5) is 11.5 Å². The van der Waals surface area contributed by atoms with Crippen LogP contribution in [0.3, 0.4) is 0 Å². The number of rotatable bonds is 5. The lowest BCUT2D eigenvalue weighted by molar-refractivity contribution is -0.384. The lowest BCUT2D eigenvalue weighted by atomic mass is 10.2. The van der Waals surface area contributed by atoms with Crippen molar-refractivity contribution in [2.45, 2.75) is 6.61 Å². The fraction of sp³-hybridized carbons (Fsp3) is 0.154. The molecule has 1 aromatic heterocycles. The number of nitro groups is 1. The number of pyridine rings is 1. The van der Waals surface area contributed by atoms with Crippen molar-refractivity contribution in [1.82, 2.24) is 4.98 Å². The van der Waals surface area contributed by atoms with Crippen molar-refractivity contribution < 1.29 is 14.8 Å². The van der Waals surface area contributed by atoms with Crippen LogP contribution in [-0.2, 0) is 6.61 Å². The number of benzene rings is 1. The van der Waals surface area contributed by atoms with Gasteiger partial charge >= 0.3 is 0 Å². The summed E-state index contributed by atoms with van der Waals surface area (Å²) in [5.74, 6) is 0.824. The molecule has 2 N–H and O–H groups in total. The molecule has 7 heteroatoms. The molecule has 0 aliphatic rings. The summed E-state index contributed by atoms with van der Waals surface area (Å²) in [6.07, 6.45) is 0. The van der Waals surface area contributed by atoms with E-state index in [1.54, 1.807) is 31.3 Å². The summed E-state index contributed by atoms with van der Waals surface area (Å²) in [5.41, 5.74) is 0.452. The molecule has 1 aromatic carbocycles. The van der Waals surface area contributed by atoms with Crippen LogP contribution in [0.15, 0.2) is 36.4 Å². The second kappa shape index (κ2) is 5.98. The Labute approximate surface area is 115 Å². The number of hydrogen-bond donors (Lipinski definition) is 2. The molecule has 2 rings (SSSR count). The minimum atomic E-state index is -0.521. The molecular formula is C13H13N3O4. The lowest BCUT2D eigenvalue weighted by Crippen LogP contribution is -1.99. The lowest BCUT2D eigenvalue weighted by Gasteiger charge is -2.09. The van der Waals surface area contributed by atoms with Gasteiger partial charge in [-0.15, -0.1) is 0 Å². The van der Waals surface area contributed by atoms with E-state index in [1.165, 1.54) is 12.1 Å². The Balaban J connectivity index is 2.37. The summed E-state index contributed by atoms with van der Waals surface area (Å²) < 4.78 is 5.52. The normalized spacial score (nSPS) is 10.1. The number of para-hydroxylation sites is 1. The zero-order chi connectivity index (χ0) is 14.5. The van der Waals surface area contributed by atoms with Crippen molar-refractivity contribution in [3.05, 3.63) is 52.1 Å². The Kier molecular flexibility index (Phi) is 4.11. The van der Waals surface area contributed by atoms with Crippen LogP contribution in [-0.4, -0.2) is 22.1 Å². The summed E-state index contributed by atoms with van der Waals surface area (Å²) in [5, 5.41) is 22.8. The molecule has 7 nitrogen and oxygen atoms in total. The van der Waals surface area contributed by atoms with Gasteiger partial charge in [0, 0.05) is 12.6 Å². The molecule has 0 aliphatic carbocycles. The Morgan fingerprint density at radius 1 is 1.40 bits per heavy atom. The van der Waals surface area contributed by atoms with E-state index in [0.29, 0.717) is 17.1 Å². The highest BCUT2D eigenvalue weighted by molar-refractivity contribution is 5.49. The minimum absolute atomic E-state index is 0.0875. The van der Waals surface area contributed by atoms with Gasteiger partial charge < -0.3 is 15.2 Å². The molecule has 0 fully saturated rings. The summed E-state index contributed by atoms with van der Waals surface area (Å²) >= 11 is 0. The van der Waals surface area contributed by atoms with Crippen LogP contribution >= 0.6 is 0 Å². The van der Waals surface area contributed by atoms with Gasteiger partial charge in [-0.2, -0.15) is 4.98 Å². The summed E-state index contributed by atoms with van der Waals surface area (Å²) in [4.78, 5) is 14.4. The van der Waals surface area contributed by atoms with Crippen molar-refractivity contribution in [1.29, 1.82) is 0 Å². The smallest absolute Gasteiger partial charge is 0.278 e. The number of ether oxygens (including phenoxy) is 1. The molecule has 0 saturated heterocycles. The van der Waals surface area contributed by atoms with E-state index in [1.807, 2.05) is 0 Å². The summed E-state index contributed by atoms with van der Waals surface area (Å²) in [6, 6.07) is 9.40. The molecule has 1 heterocycles. The number of aromatic nitrogens is 1. The first-order valence-corrected chi connectivity index (χ1v) is 5.85. The van der Waals surface area contributed by atoms with Gasteiger partial charge in [-0.3, -0.25) is 10.1 Å². The Bertz CT molecular complexity index is 631. The standard InChI is InChI=1S/C13H13N3O4/c1-14-12-6-10(16(18)19)7-13(15-12)20-11-5-3-2-4-9(11)8-17/h2-7,17H,8H2,1H3,(H,14,15). The highest BCUT2D eigenvalue weighted by Crippen LogP contribution is 2.28. The first-order chi connectivity index (χ1) is 9.63. The van der Waals surface area contributed by atoms with Gasteiger partial charge in [0.2, 0.25) is 5.88 Å². The molecule has 104 valence electrons. The second-order valence-corrected chi connectivity index (χ2v) is 3.92. The van der Waals surface area contributed by atoms with E-state index in [4.69, 9.17) is 4.74 Å². The third-order valence-electron chi connectivity index (χ3n) is 2.61.